The van der Waals surface area contributed by atoms with Crippen molar-refractivity contribution in [3.63, 3.8) is 0 Å². The Hall–Kier alpha value is -3.09. The van der Waals surface area contributed by atoms with Crippen molar-refractivity contribution in [2.24, 2.45) is 0 Å². The van der Waals surface area contributed by atoms with Crippen molar-refractivity contribution in [1.82, 2.24) is 0 Å². The van der Waals surface area contributed by atoms with Crippen molar-refractivity contribution in [3.05, 3.63) is 89.5 Å². The highest BCUT2D eigenvalue weighted by molar-refractivity contribution is 7.94. The van der Waals surface area contributed by atoms with Crippen LogP contribution in [0.5, 0.6) is 0 Å². The molecule has 3 aromatic rings. The van der Waals surface area contributed by atoms with E-state index in [2.05, 4.69) is 0 Å². The van der Waals surface area contributed by atoms with Gasteiger partial charge in [-0.2, -0.15) is 21.6 Å². The van der Waals surface area contributed by atoms with Gasteiger partial charge < -0.3 is 10.6 Å². The smallest absolute Gasteiger partial charge is 0.398 e. The van der Waals surface area contributed by atoms with Gasteiger partial charge in [0.2, 0.25) is 4.87 Å². The fourth-order valence-electron chi connectivity index (χ4n) is 4.53. The van der Waals surface area contributed by atoms with Crippen LogP contribution in [0, 0.1) is 0 Å². The maximum absolute atomic E-state index is 14.0. The molecular formula is C22H19F3N2O5S2. The van der Waals surface area contributed by atoms with Crippen LogP contribution in [-0.4, -0.2) is 28.4 Å². The van der Waals surface area contributed by atoms with E-state index in [1.807, 2.05) is 0 Å². The molecule has 4 rings (SSSR count). The van der Waals surface area contributed by atoms with Crippen LogP contribution in [0.4, 0.5) is 24.5 Å². The summed E-state index contributed by atoms with van der Waals surface area (Å²) in [7, 11) is -8.78. The number of hydrogen-bond donors (Lipinski definition) is 2. The second-order valence-electron chi connectivity index (χ2n) is 7.83. The third kappa shape index (κ3) is 3.36. The van der Waals surface area contributed by atoms with E-state index in [-0.39, 0.29) is 16.8 Å². The van der Waals surface area contributed by atoms with E-state index in [0.29, 0.717) is 6.07 Å². The Labute approximate surface area is 194 Å². The third-order valence-corrected chi connectivity index (χ3v) is 9.79. The minimum absolute atomic E-state index is 0.0110. The third-order valence-electron chi connectivity index (χ3n) is 5.98. The Morgan fingerprint density at radius 1 is 0.941 bits per heavy atom. The normalized spacial score (nSPS) is 20.9. The van der Waals surface area contributed by atoms with Gasteiger partial charge in [-0.15, -0.1) is 0 Å². The molecular weight excluding hydrogens is 493 g/mol. The number of nitrogens with zero attached hydrogens (tertiary/aromatic N) is 1. The first-order valence-electron chi connectivity index (χ1n) is 9.80. The molecule has 0 fully saturated rings. The van der Waals surface area contributed by atoms with Gasteiger partial charge in [-0.1, -0.05) is 48.5 Å². The van der Waals surface area contributed by atoms with Crippen LogP contribution in [0.3, 0.4) is 0 Å². The van der Waals surface area contributed by atoms with Gasteiger partial charge in [-0.25, -0.2) is 8.42 Å². The summed E-state index contributed by atoms with van der Waals surface area (Å²) in [6.07, 6.45) is -4.94. The first-order chi connectivity index (χ1) is 15.7. The van der Waals surface area contributed by atoms with Crippen molar-refractivity contribution >= 4 is 31.3 Å². The fourth-order valence-corrected chi connectivity index (χ4v) is 8.61. The molecule has 1 aliphatic rings. The van der Waals surface area contributed by atoms with Crippen LogP contribution < -0.4 is 10.6 Å². The van der Waals surface area contributed by atoms with E-state index in [9.17, 15) is 34.6 Å². The Bertz CT molecular complexity index is 1480. The van der Waals surface area contributed by atoms with Crippen LogP contribution in [0.25, 0.3) is 0 Å². The van der Waals surface area contributed by atoms with E-state index in [0.717, 1.165) is 17.0 Å². The molecule has 0 bridgehead atoms. The topological polar surface area (TPSA) is 118 Å². The molecule has 2 unspecified atom stereocenters. The van der Waals surface area contributed by atoms with E-state index < -0.39 is 52.4 Å². The summed E-state index contributed by atoms with van der Waals surface area (Å²) in [5.74, 6) is 0. The SMILES string of the molecule is CN1c2ccccc2C(S(=O)(=O)c2ccc(N)c(C(F)(F)F)c2)C1(c1ccccc1)S(=O)(=O)O. The Kier molecular flexibility index (Phi) is 5.46. The minimum atomic E-state index is -5.22. The zero-order valence-electron chi connectivity index (χ0n) is 17.6. The molecule has 12 heteroatoms. The Balaban J connectivity index is 2.11. The number of alkyl halides is 3. The van der Waals surface area contributed by atoms with E-state index in [4.69, 9.17) is 5.73 Å². The number of benzene rings is 3. The van der Waals surface area contributed by atoms with E-state index in [1.165, 1.54) is 49.5 Å². The maximum atomic E-state index is 14.0. The average Bonchev–Trinajstić information content (AvgIpc) is 3.04. The van der Waals surface area contributed by atoms with Gasteiger partial charge in [0, 0.05) is 18.4 Å². The number of halogens is 3. The van der Waals surface area contributed by atoms with Gasteiger partial charge in [0.1, 0.15) is 5.25 Å². The molecule has 0 radical (unpaired) electrons. The summed E-state index contributed by atoms with van der Waals surface area (Å²) in [5.41, 5.74) is 3.50. The van der Waals surface area contributed by atoms with Gasteiger partial charge in [0.15, 0.2) is 9.84 Å². The summed E-state index contributed by atoms with van der Waals surface area (Å²) in [6, 6.07) is 15.1. The van der Waals surface area contributed by atoms with Gasteiger partial charge in [-0.3, -0.25) is 4.55 Å². The number of hydrogen-bond acceptors (Lipinski definition) is 6. The van der Waals surface area contributed by atoms with Crippen LogP contribution in [0.1, 0.15) is 21.9 Å². The largest absolute Gasteiger partial charge is 0.418 e. The first kappa shape index (κ1) is 24.0. The van der Waals surface area contributed by atoms with Gasteiger partial charge in [-0.05, 0) is 35.4 Å². The lowest BCUT2D eigenvalue weighted by molar-refractivity contribution is -0.137. The molecule has 34 heavy (non-hydrogen) atoms. The summed E-state index contributed by atoms with van der Waals surface area (Å²) in [4.78, 5) is -2.23. The lowest BCUT2D eigenvalue weighted by Gasteiger charge is -2.39. The summed E-state index contributed by atoms with van der Waals surface area (Å²) >= 11 is 0. The predicted octanol–water partition coefficient (Wildman–Crippen LogP) is 3.99. The molecule has 0 spiro atoms. The van der Waals surface area contributed by atoms with Crippen molar-refractivity contribution in [2.45, 2.75) is 21.2 Å². The highest BCUT2D eigenvalue weighted by Crippen LogP contribution is 2.58. The molecule has 0 aliphatic carbocycles. The van der Waals surface area contributed by atoms with Gasteiger partial charge in [0.25, 0.3) is 10.1 Å². The second kappa shape index (κ2) is 7.72. The monoisotopic (exact) mass is 512 g/mol. The summed E-state index contributed by atoms with van der Waals surface area (Å²) < 4.78 is 105. The van der Waals surface area contributed by atoms with Gasteiger partial charge >= 0.3 is 6.18 Å². The highest BCUT2D eigenvalue weighted by atomic mass is 32.2. The number of para-hydroxylation sites is 1. The predicted molar refractivity (Wildman–Crippen MR) is 120 cm³/mol. The molecule has 0 aromatic heterocycles. The van der Waals surface area contributed by atoms with Crippen LogP contribution in [0.15, 0.2) is 77.7 Å². The van der Waals surface area contributed by atoms with Crippen LogP contribution in [-0.2, 0) is 31.0 Å². The number of sulfone groups is 1. The molecule has 2 atom stereocenters. The molecule has 0 amide bonds. The summed E-state index contributed by atoms with van der Waals surface area (Å²) in [5, 5.41) is -2.00. The Morgan fingerprint density at radius 2 is 1.53 bits per heavy atom. The molecule has 180 valence electrons. The minimum Gasteiger partial charge on any atom is -0.398 e. The highest BCUT2D eigenvalue weighted by Gasteiger charge is 2.65. The molecule has 3 aromatic carbocycles. The first-order valence-corrected chi connectivity index (χ1v) is 12.8. The van der Waals surface area contributed by atoms with E-state index >= 15 is 0 Å². The molecule has 3 N–H and O–H groups in total. The van der Waals surface area contributed by atoms with Crippen LogP contribution in [0.2, 0.25) is 0 Å². The number of nitrogens with two attached hydrogens (primary N) is 1. The second-order valence-corrected chi connectivity index (χ2v) is 11.4. The lowest BCUT2D eigenvalue weighted by Crippen LogP contribution is -2.52. The van der Waals surface area contributed by atoms with Crippen molar-refractivity contribution in [1.29, 1.82) is 0 Å². The molecule has 1 aliphatic heterocycles. The zero-order valence-corrected chi connectivity index (χ0v) is 19.2. The molecule has 0 saturated heterocycles. The summed E-state index contributed by atoms with van der Waals surface area (Å²) in [6.45, 7) is 0. The number of nitrogen functional groups attached to an aromatic ring is 1. The standard InChI is InChI=1S/C22H19F3N2O5S2/c1-27-19-10-6-5-9-16(19)20(21(27,34(30,31)32)14-7-3-2-4-8-14)33(28,29)15-11-12-18(26)17(13-15)22(23,24)25/h2-13,20H,26H2,1H3,(H,30,31,32). The maximum Gasteiger partial charge on any atom is 0.418 e. The van der Waals surface area contributed by atoms with E-state index in [1.54, 1.807) is 12.1 Å². The Morgan fingerprint density at radius 3 is 2.12 bits per heavy atom. The fraction of sp³-hybridized carbons (Fsp3) is 0.182. The number of fused-ring (bicyclic) bond motifs is 1. The number of anilines is 2. The molecule has 7 nitrogen and oxygen atoms in total. The molecule has 1 heterocycles. The number of likely N-dealkylation sites (N-methyl/N-ethyl adjacent to an activating group) is 1. The van der Waals surface area contributed by atoms with Gasteiger partial charge in [0.05, 0.1) is 10.5 Å². The number of rotatable bonds is 4. The average molecular weight is 513 g/mol. The quantitative estimate of drug-likeness (QED) is 0.401. The van der Waals surface area contributed by atoms with Crippen molar-refractivity contribution in [3.8, 4) is 0 Å². The van der Waals surface area contributed by atoms with Crippen molar-refractivity contribution < 1.29 is 34.6 Å². The van der Waals surface area contributed by atoms with Crippen molar-refractivity contribution in [2.75, 3.05) is 17.7 Å². The van der Waals surface area contributed by atoms with Crippen LogP contribution >= 0.6 is 0 Å². The molecule has 0 saturated carbocycles. The lowest BCUT2D eigenvalue weighted by atomic mass is 10.0. The zero-order chi connectivity index (χ0) is 25.1.